The standard InChI is InChI=1S/C23H16Cl3N3O4/c1-33-18-5-3-2-4-12(18)10-29-11-27-20-14(24)6-7-17(19(20)23(29)32)28-22(31)13-8-15(25)21(30)16(26)9-13/h2-9,11,30H,10H2,1H3,(H,28,31). The molecule has 0 unspecified atom stereocenters. The van der Waals surface area contributed by atoms with E-state index in [9.17, 15) is 14.7 Å². The summed E-state index contributed by atoms with van der Waals surface area (Å²) in [6.45, 7) is 0.203. The van der Waals surface area contributed by atoms with E-state index in [2.05, 4.69) is 10.3 Å². The van der Waals surface area contributed by atoms with Crippen LogP contribution < -0.4 is 15.6 Å². The zero-order valence-electron chi connectivity index (χ0n) is 17.1. The molecule has 0 fully saturated rings. The SMILES string of the molecule is COc1ccccc1Cn1cnc2c(Cl)ccc(NC(=O)c3cc(Cl)c(O)c(Cl)c3)c2c1=O. The molecule has 7 nitrogen and oxygen atoms in total. The number of carbonyl (C=O) groups is 1. The number of phenols is 1. The zero-order valence-corrected chi connectivity index (χ0v) is 19.4. The summed E-state index contributed by atoms with van der Waals surface area (Å²) in [6, 6.07) is 12.9. The van der Waals surface area contributed by atoms with Gasteiger partial charge < -0.3 is 15.2 Å². The number of fused-ring (bicyclic) bond motifs is 1. The van der Waals surface area contributed by atoms with Gasteiger partial charge in [0.2, 0.25) is 0 Å². The number of aromatic nitrogens is 2. The first kappa shape index (κ1) is 22.9. The topological polar surface area (TPSA) is 93.4 Å². The number of halogens is 3. The maximum atomic E-state index is 13.4. The van der Waals surface area contributed by atoms with Crippen molar-refractivity contribution in [1.82, 2.24) is 9.55 Å². The van der Waals surface area contributed by atoms with Gasteiger partial charge in [-0.2, -0.15) is 0 Å². The average Bonchev–Trinajstić information content (AvgIpc) is 2.80. The molecule has 0 saturated carbocycles. The van der Waals surface area contributed by atoms with E-state index in [1.54, 1.807) is 13.2 Å². The van der Waals surface area contributed by atoms with Gasteiger partial charge in [0.1, 0.15) is 5.75 Å². The van der Waals surface area contributed by atoms with Gasteiger partial charge in [-0.25, -0.2) is 4.98 Å². The van der Waals surface area contributed by atoms with E-state index in [4.69, 9.17) is 39.5 Å². The fourth-order valence-electron chi connectivity index (χ4n) is 3.36. The predicted molar refractivity (Wildman–Crippen MR) is 129 cm³/mol. The molecule has 1 heterocycles. The molecule has 0 aliphatic rings. The minimum Gasteiger partial charge on any atom is -0.505 e. The Morgan fingerprint density at radius 1 is 1.09 bits per heavy atom. The summed E-state index contributed by atoms with van der Waals surface area (Å²) in [5.74, 6) is -0.276. The number of hydrogen-bond acceptors (Lipinski definition) is 5. The molecule has 33 heavy (non-hydrogen) atoms. The number of benzene rings is 3. The average molecular weight is 505 g/mol. The second-order valence-corrected chi connectivity index (χ2v) is 8.27. The van der Waals surface area contributed by atoms with Crippen LogP contribution in [0.1, 0.15) is 15.9 Å². The molecule has 0 spiro atoms. The molecule has 168 valence electrons. The lowest BCUT2D eigenvalue weighted by atomic mass is 10.1. The van der Waals surface area contributed by atoms with Crippen LogP contribution in [-0.2, 0) is 6.54 Å². The van der Waals surface area contributed by atoms with Crippen molar-refractivity contribution < 1.29 is 14.6 Å². The number of rotatable bonds is 5. The van der Waals surface area contributed by atoms with Gasteiger partial charge in [-0.3, -0.25) is 14.2 Å². The van der Waals surface area contributed by atoms with Gasteiger partial charge in [0.15, 0.2) is 5.75 Å². The third kappa shape index (κ3) is 4.48. The van der Waals surface area contributed by atoms with E-state index in [1.807, 2.05) is 18.2 Å². The third-order valence-corrected chi connectivity index (χ3v) is 5.87. The largest absolute Gasteiger partial charge is 0.505 e. The third-order valence-electron chi connectivity index (χ3n) is 4.99. The van der Waals surface area contributed by atoms with Crippen molar-refractivity contribution in [2.75, 3.05) is 12.4 Å². The fraction of sp³-hybridized carbons (Fsp3) is 0.0870. The number of anilines is 1. The van der Waals surface area contributed by atoms with E-state index in [0.717, 1.165) is 5.56 Å². The Labute approximate surface area is 203 Å². The molecule has 3 aromatic carbocycles. The second kappa shape index (κ2) is 9.31. The van der Waals surface area contributed by atoms with Gasteiger partial charge in [-0.15, -0.1) is 0 Å². The number of phenolic OH excluding ortho intramolecular Hbond substituents is 1. The van der Waals surface area contributed by atoms with Crippen molar-refractivity contribution >= 4 is 57.3 Å². The van der Waals surface area contributed by atoms with E-state index in [0.29, 0.717) is 5.75 Å². The van der Waals surface area contributed by atoms with Gasteiger partial charge in [-0.1, -0.05) is 53.0 Å². The number of para-hydroxylation sites is 1. The highest BCUT2D eigenvalue weighted by molar-refractivity contribution is 6.38. The summed E-state index contributed by atoms with van der Waals surface area (Å²) in [6.07, 6.45) is 1.40. The zero-order chi connectivity index (χ0) is 23.7. The van der Waals surface area contributed by atoms with Gasteiger partial charge >= 0.3 is 0 Å². The molecule has 0 bridgehead atoms. The first-order valence-corrected chi connectivity index (χ1v) is 10.7. The molecule has 4 rings (SSSR count). The lowest BCUT2D eigenvalue weighted by molar-refractivity contribution is 0.102. The summed E-state index contributed by atoms with van der Waals surface area (Å²) >= 11 is 18.1. The van der Waals surface area contributed by atoms with Crippen LogP contribution >= 0.6 is 34.8 Å². The summed E-state index contributed by atoms with van der Waals surface area (Å²) in [5, 5.41) is 12.7. The van der Waals surface area contributed by atoms with Crippen LogP contribution in [0.15, 0.2) is 59.7 Å². The number of nitrogens with zero attached hydrogens (tertiary/aromatic N) is 2. The van der Waals surface area contributed by atoms with Crippen molar-refractivity contribution in [2.24, 2.45) is 0 Å². The Morgan fingerprint density at radius 2 is 1.79 bits per heavy atom. The highest BCUT2D eigenvalue weighted by Crippen LogP contribution is 2.33. The van der Waals surface area contributed by atoms with Crippen molar-refractivity contribution in [3.63, 3.8) is 0 Å². The molecule has 0 aliphatic carbocycles. The highest BCUT2D eigenvalue weighted by Gasteiger charge is 2.17. The molecule has 2 N–H and O–H groups in total. The van der Waals surface area contributed by atoms with Crippen LogP contribution in [0.5, 0.6) is 11.5 Å². The van der Waals surface area contributed by atoms with Crippen LogP contribution in [0.3, 0.4) is 0 Å². The Hall–Kier alpha value is -3.26. The predicted octanol–water partition coefficient (Wildman–Crippen LogP) is 5.37. The van der Waals surface area contributed by atoms with E-state index in [1.165, 1.54) is 35.2 Å². The number of methoxy groups -OCH3 is 1. The Kier molecular flexibility index (Phi) is 6.47. The monoisotopic (exact) mass is 503 g/mol. The van der Waals surface area contributed by atoms with E-state index < -0.39 is 11.5 Å². The van der Waals surface area contributed by atoms with Crippen molar-refractivity contribution in [3.05, 3.63) is 91.4 Å². The maximum absolute atomic E-state index is 13.4. The van der Waals surface area contributed by atoms with Gasteiger partial charge in [0, 0.05) is 11.1 Å². The summed E-state index contributed by atoms with van der Waals surface area (Å²) < 4.78 is 6.77. The maximum Gasteiger partial charge on any atom is 0.263 e. The van der Waals surface area contributed by atoms with Gasteiger partial charge in [0.05, 0.1) is 51.6 Å². The summed E-state index contributed by atoms with van der Waals surface area (Å²) in [7, 11) is 1.55. The smallest absolute Gasteiger partial charge is 0.263 e. The molecular formula is C23H16Cl3N3O4. The highest BCUT2D eigenvalue weighted by atomic mass is 35.5. The van der Waals surface area contributed by atoms with Crippen LogP contribution in [0.2, 0.25) is 15.1 Å². The normalized spacial score (nSPS) is 10.9. The number of aromatic hydroxyl groups is 1. The molecule has 0 saturated heterocycles. The number of ether oxygens (including phenoxy) is 1. The first-order valence-electron chi connectivity index (χ1n) is 9.59. The molecule has 10 heteroatoms. The lowest BCUT2D eigenvalue weighted by Gasteiger charge is -2.13. The Morgan fingerprint density at radius 3 is 2.48 bits per heavy atom. The van der Waals surface area contributed by atoms with Crippen molar-refractivity contribution in [1.29, 1.82) is 0 Å². The number of hydrogen-bond donors (Lipinski definition) is 2. The number of amides is 1. The quantitative estimate of drug-likeness (QED) is 0.381. The molecule has 0 atom stereocenters. The molecule has 4 aromatic rings. The Balaban J connectivity index is 1.78. The fourth-order valence-corrected chi connectivity index (χ4v) is 4.05. The molecule has 1 amide bonds. The van der Waals surface area contributed by atoms with Crippen LogP contribution in [0, 0.1) is 0 Å². The molecular weight excluding hydrogens is 489 g/mol. The van der Waals surface area contributed by atoms with Crippen LogP contribution in [-0.4, -0.2) is 27.7 Å². The van der Waals surface area contributed by atoms with E-state index in [-0.39, 0.29) is 49.5 Å². The van der Waals surface area contributed by atoms with Gasteiger partial charge in [0.25, 0.3) is 11.5 Å². The summed E-state index contributed by atoms with van der Waals surface area (Å²) in [5.41, 5.74) is 0.947. The minimum atomic E-state index is -0.582. The lowest BCUT2D eigenvalue weighted by Crippen LogP contribution is -2.23. The second-order valence-electron chi connectivity index (χ2n) is 7.05. The molecule has 1 aromatic heterocycles. The Bertz CT molecular complexity index is 1430. The number of carbonyl (C=O) groups excluding carboxylic acids is 1. The van der Waals surface area contributed by atoms with Gasteiger partial charge in [-0.05, 0) is 30.3 Å². The molecule has 0 aliphatic heterocycles. The first-order chi connectivity index (χ1) is 15.8. The summed E-state index contributed by atoms with van der Waals surface area (Å²) in [4.78, 5) is 30.6. The van der Waals surface area contributed by atoms with Crippen molar-refractivity contribution in [2.45, 2.75) is 6.54 Å². The minimum absolute atomic E-state index is 0.0746. The van der Waals surface area contributed by atoms with E-state index >= 15 is 0 Å². The van der Waals surface area contributed by atoms with Crippen LogP contribution in [0.4, 0.5) is 5.69 Å². The van der Waals surface area contributed by atoms with Crippen LogP contribution in [0.25, 0.3) is 10.9 Å². The number of nitrogens with one attached hydrogen (secondary N) is 1. The van der Waals surface area contributed by atoms with Crippen molar-refractivity contribution in [3.8, 4) is 11.5 Å². The molecule has 0 radical (unpaired) electrons.